The van der Waals surface area contributed by atoms with Crippen LogP contribution in [0.3, 0.4) is 0 Å². The molecular weight excluding hydrogens is 304 g/mol. The van der Waals surface area contributed by atoms with Crippen molar-refractivity contribution in [3.8, 4) is 5.75 Å². The molecule has 0 heterocycles. The van der Waals surface area contributed by atoms with Crippen molar-refractivity contribution in [2.45, 2.75) is 25.3 Å². The molecule has 6 heteroatoms. The number of nitrogens with two attached hydrogens (primary N) is 1. The van der Waals surface area contributed by atoms with E-state index in [2.05, 4.69) is 5.32 Å². The number of hydrogen-bond donors (Lipinski definition) is 2. The largest absolute Gasteiger partial charge is 0.491 e. The van der Waals surface area contributed by atoms with E-state index in [4.69, 9.17) is 15.2 Å². The van der Waals surface area contributed by atoms with Gasteiger partial charge in [0.05, 0.1) is 12.1 Å². The van der Waals surface area contributed by atoms with Gasteiger partial charge in [-0.25, -0.2) is 0 Å². The van der Waals surface area contributed by atoms with Crippen molar-refractivity contribution in [3.63, 3.8) is 0 Å². The summed E-state index contributed by atoms with van der Waals surface area (Å²) in [5, 5.41) is 3.07. The number of methoxy groups -OCH3 is 1. The van der Waals surface area contributed by atoms with Crippen molar-refractivity contribution >= 4 is 18.3 Å². The molecule has 1 unspecified atom stereocenters. The highest BCUT2D eigenvalue weighted by atomic mass is 35.5. The van der Waals surface area contributed by atoms with Crippen LogP contribution in [-0.2, 0) is 4.74 Å². The first-order valence-corrected chi connectivity index (χ1v) is 7.33. The standard InChI is InChI=1S/C16H24N2O3.ClH/c1-16(11-17,13-6-7-13)18-15(19)12-4-3-5-14(10-12)21-9-8-20-2;/h3-5,10,13H,6-9,11,17H2,1-2H3,(H,18,19);1H. The Labute approximate surface area is 138 Å². The number of benzene rings is 1. The fourth-order valence-corrected chi connectivity index (χ4v) is 2.34. The second kappa shape index (κ2) is 8.36. The predicted octanol–water partition coefficient (Wildman–Crippen LogP) is 1.99. The first-order valence-electron chi connectivity index (χ1n) is 7.33. The predicted molar refractivity (Wildman–Crippen MR) is 88.7 cm³/mol. The summed E-state index contributed by atoms with van der Waals surface area (Å²) in [6.07, 6.45) is 2.27. The molecule has 0 aliphatic heterocycles. The minimum absolute atomic E-state index is 0. The van der Waals surface area contributed by atoms with E-state index in [9.17, 15) is 4.79 Å². The van der Waals surface area contributed by atoms with E-state index in [1.54, 1.807) is 19.2 Å². The van der Waals surface area contributed by atoms with E-state index >= 15 is 0 Å². The maximum absolute atomic E-state index is 12.4. The Bertz CT molecular complexity index is 494. The lowest BCUT2D eigenvalue weighted by molar-refractivity contribution is 0.0897. The molecule has 0 spiro atoms. The molecule has 5 nitrogen and oxygen atoms in total. The van der Waals surface area contributed by atoms with E-state index in [0.717, 1.165) is 12.8 Å². The number of rotatable bonds is 8. The number of amides is 1. The van der Waals surface area contributed by atoms with Crippen molar-refractivity contribution in [1.29, 1.82) is 0 Å². The third-order valence-corrected chi connectivity index (χ3v) is 3.95. The highest BCUT2D eigenvalue weighted by molar-refractivity contribution is 5.95. The third kappa shape index (κ3) is 4.87. The number of hydrogen-bond acceptors (Lipinski definition) is 4. The van der Waals surface area contributed by atoms with Gasteiger partial charge in [0, 0.05) is 19.2 Å². The summed E-state index contributed by atoms with van der Waals surface area (Å²) in [5.41, 5.74) is 6.10. The van der Waals surface area contributed by atoms with Crippen LogP contribution in [0.4, 0.5) is 0 Å². The normalized spacial score (nSPS) is 16.3. The molecule has 0 saturated heterocycles. The van der Waals surface area contributed by atoms with Crippen LogP contribution in [0.15, 0.2) is 24.3 Å². The molecule has 0 aromatic heterocycles. The van der Waals surface area contributed by atoms with E-state index in [0.29, 0.717) is 37.0 Å². The number of carbonyl (C=O) groups excluding carboxylic acids is 1. The zero-order valence-electron chi connectivity index (χ0n) is 13.1. The summed E-state index contributed by atoms with van der Waals surface area (Å²) in [4.78, 5) is 12.4. The van der Waals surface area contributed by atoms with Crippen LogP contribution in [0.5, 0.6) is 5.75 Å². The molecule has 1 saturated carbocycles. The molecule has 1 fully saturated rings. The fraction of sp³-hybridized carbons (Fsp3) is 0.562. The monoisotopic (exact) mass is 328 g/mol. The molecular formula is C16H25ClN2O3. The number of carbonyl (C=O) groups is 1. The molecule has 2 rings (SSSR count). The average molecular weight is 329 g/mol. The lowest BCUT2D eigenvalue weighted by Crippen LogP contribution is -2.53. The van der Waals surface area contributed by atoms with Crippen LogP contribution in [0, 0.1) is 5.92 Å². The maximum Gasteiger partial charge on any atom is 0.251 e. The summed E-state index contributed by atoms with van der Waals surface area (Å²) in [5.74, 6) is 1.06. The average Bonchev–Trinajstić information content (AvgIpc) is 3.33. The van der Waals surface area contributed by atoms with Gasteiger partial charge in [0.15, 0.2) is 0 Å². The zero-order chi connectivity index (χ0) is 15.3. The lowest BCUT2D eigenvalue weighted by Gasteiger charge is -2.29. The van der Waals surface area contributed by atoms with Gasteiger partial charge in [0.2, 0.25) is 0 Å². The first-order chi connectivity index (χ1) is 10.1. The summed E-state index contributed by atoms with van der Waals surface area (Å²) < 4.78 is 10.5. The lowest BCUT2D eigenvalue weighted by atomic mass is 9.95. The van der Waals surface area contributed by atoms with E-state index in [1.807, 2.05) is 19.1 Å². The summed E-state index contributed by atoms with van der Waals surface area (Å²) >= 11 is 0. The van der Waals surface area contributed by atoms with Crippen LogP contribution in [0.1, 0.15) is 30.1 Å². The van der Waals surface area contributed by atoms with Gasteiger partial charge in [-0.2, -0.15) is 0 Å². The Morgan fingerprint density at radius 2 is 2.14 bits per heavy atom. The quantitative estimate of drug-likeness (QED) is 0.716. The van der Waals surface area contributed by atoms with Gasteiger partial charge in [0.25, 0.3) is 5.91 Å². The van der Waals surface area contributed by atoms with Crippen LogP contribution in [0.2, 0.25) is 0 Å². The maximum atomic E-state index is 12.4. The Morgan fingerprint density at radius 1 is 1.41 bits per heavy atom. The van der Waals surface area contributed by atoms with E-state index < -0.39 is 0 Å². The highest BCUT2D eigenvalue weighted by Crippen LogP contribution is 2.39. The number of nitrogens with one attached hydrogen (secondary N) is 1. The number of ether oxygens (including phenoxy) is 2. The van der Waals surface area contributed by atoms with Gasteiger partial charge in [-0.15, -0.1) is 12.4 Å². The molecule has 1 aliphatic carbocycles. The molecule has 1 amide bonds. The van der Waals surface area contributed by atoms with Crippen LogP contribution in [0.25, 0.3) is 0 Å². The van der Waals surface area contributed by atoms with Crippen LogP contribution in [-0.4, -0.2) is 38.3 Å². The Kier molecular flexibility index (Phi) is 7.13. The molecule has 1 atom stereocenters. The molecule has 1 aromatic carbocycles. The van der Waals surface area contributed by atoms with Gasteiger partial charge >= 0.3 is 0 Å². The van der Waals surface area contributed by atoms with Gasteiger partial charge < -0.3 is 20.5 Å². The second-order valence-electron chi connectivity index (χ2n) is 5.72. The summed E-state index contributed by atoms with van der Waals surface area (Å²) in [7, 11) is 1.62. The zero-order valence-corrected chi connectivity index (χ0v) is 13.9. The second-order valence-corrected chi connectivity index (χ2v) is 5.72. The molecule has 124 valence electrons. The van der Waals surface area contributed by atoms with Crippen molar-refractivity contribution in [2.24, 2.45) is 11.7 Å². The van der Waals surface area contributed by atoms with Crippen molar-refractivity contribution in [2.75, 3.05) is 26.9 Å². The van der Waals surface area contributed by atoms with Gasteiger partial charge in [-0.3, -0.25) is 4.79 Å². The van der Waals surface area contributed by atoms with Crippen molar-refractivity contribution in [1.82, 2.24) is 5.32 Å². The smallest absolute Gasteiger partial charge is 0.251 e. The van der Waals surface area contributed by atoms with Crippen molar-refractivity contribution < 1.29 is 14.3 Å². The first kappa shape index (κ1) is 18.7. The van der Waals surface area contributed by atoms with Gasteiger partial charge in [-0.1, -0.05) is 6.07 Å². The van der Waals surface area contributed by atoms with Gasteiger partial charge in [0.1, 0.15) is 12.4 Å². The molecule has 1 aliphatic rings. The van der Waals surface area contributed by atoms with E-state index in [1.165, 1.54) is 0 Å². The number of halogens is 1. The molecule has 0 radical (unpaired) electrons. The SMILES string of the molecule is COCCOc1cccc(C(=O)NC(C)(CN)C2CC2)c1.Cl. The Morgan fingerprint density at radius 3 is 2.73 bits per heavy atom. The molecule has 3 N–H and O–H groups in total. The molecule has 22 heavy (non-hydrogen) atoms. The third-order valence-electron chi connectivity index (χ3n) is 3.95. The fourth-order valence-electron chi connectivity index (χ4n) is 2.34. The van der Waals surface area contributed by atoms with Crippen LogP contribution < -0.4 is 15.8 Å². The Balaban J connectivity index is 0.00000242. The molecule has 0 bridgehead atoms. The highest BCUT2D eigenvalue weighted by Gasteiger charge is 2.41. The summed E-state index contributed by atoms with van der Waals surface area (Å²) in [6, 6.07) is 7.17. The topological polar surface area (TPSA) is 73.6 Å². The minimum Gasteiger partial charge on any atom is -0.491 e. The summed E-state index contributed by atoms with van der Waals surface area (Å²) in [6.45, 7) is 3.45. The van der Waals surface area contributed by atoms with Crippen LogP contribution >= 0.6 is 12.4 Å². The Hall–Kier alpha value is -1.30. The van der Waals surface area contributed by atoms with E-state index in [-0.39, 0.29) is 23.9 Å². The molecule has 1 aromatic rings. The minimum atomic E-state index is -0.315. The van der Waals surface area contributed by atoms with Gasteiger partial charge in [-0.05, 0) is 43.9 Å². The van der Waals surface area contributed by atoms with Crippen molar-refractivity contribution in [3.05, 3.63) is 29.8 Å².